The number of carbonyl (C=O) groups is 3. The lowest BCUT2D eigenvalue weighted by molar-refractivity contribution is -0.138. The van der Waals surface area contributed by atoms with E-state index in [9.17, 15) is 14.4 Å². The minimum Gasteiger partial charge on any atom is -0.481 e. The van der Waals surface area contributed by atoms with Crippen LogP contribution in [0.4, 0.5) is 4.79 Å². The molecule has 0 saturated heterocycles. The van der Waals surface area contributed by atoms with E-state index in [0.29, 0.717) is 0 Å². The predicted molar refractivity (Wildman–Crippen MR) is 124 cm³/mol. The second-order valence-corrected chi connectivity index (χ2v) is 8.29. The molecule has 7 nitrogen and oxygen atoms in total. The Balaban J connectivity index is 1.44. The summed E-state index contributed by atoms with van der Waals surface area (Å²) in [6.45, 7) is 4.21. The molecular formula is C26H28N2O5. The third-order valence-electron chi connectivity index (χ3n) is 5.77. The molecule has 7 heteroatoms. The lowest BCUT2D eigenvalue weighted by atomic mass is 9.92. The molecule has 0 heterocycles. The Morgan fingerprint density at radius 3 is 2.18 bits per heavy atom. The van der Waals surface area contributed by atoms with Crippen molar-refractivity contribution in [2.75, 3.05) is 19.7 Å². The van der Waals surface area contributed by atoms with E-state index in [0.717, 1.165) is 22.3 Å². The number of carboxylic acids is 1. The largest absolute Gasteiger partial charge is 0.481 e. The second-order valence-electron chi connectivity index (χ2n) is 8.29. The van der Waals surface area contributed by atoms with Crippen LogP contribution in [0, 0.1) is 23.7 Å². The molecule has 1 aliphatic rings. The molecule has 0 aliphatic heterocycles. The van der Waals surface area contributed by atoms with Crippen LogP contribution in [0.1, 0.15) is 37.3 Å². The van der Waals surface area contributed by atoms with Crippen LogP contribution in [0.15, 0.2) is 48.5 Å². The van der Waals surface area contributed by atoms with Crippen LogP contribution in [-0.4, -0.2) is 42.8 Å². The Hall–Kier alpha value is -3.79. The zero-order valence-corrected chi connectivity index (χ0v) is 18.8. The molecule has 33 heavy (non-hydrogen) atoms. The fraction of sp³-hybridized carbons (Fsp3) is 0.346. The number of amides is 2. The molecule has 1 aliphatic carbocycles. The SMILES string of the molecule is CC(C)C(CNC(=O)C#CCNC(=O)OCC1c2ccccc2-c2ccccc21)CC(=O)O. The zero-order chi connectivity index (χ0) is 23.8. The van der Waals surface area contributed by atoms with E-state index in [2.05, 4.69) is 34.6 Å². The zero-order valence-electron chi connectivity index (χ0n) is 18.8. The predicted octanol–water partition coefficient (Wildman–Crippen LogP) is 3.39. The third-order valence-corrected chi connectivity index (χ3v) is 5.77. The van der Waals surface area contributed by atoms with Gasteiger partial charge in [-0.2, -0.15) is 0 Å². The highest BCUT2D eigenvalue weighted by Crippen LogP contribution is 2.44. The van der Waals surface area contributed by atoms with Crippen molar-refractivity contribution in [3.63, 3.8) is 0 Å². The summed E-state index contributed by atoms with van der Waals surface area (Å²) in [5.74, 6) is 3.47. The third kappa shape index (κ3) is 6.36. The van der Waals surface area contributed by atoms with Crippen LogP contribution < -0.4 is 10.6 Å². The van der Waals surface area contributed by atoms with Gasteiger partial charge in [-0.15, -0.1) is 0 Å². The molecule has 3 rings (SSSR count). The summed E-state index contributed by atoms with van der Waals surface area (Å²) in [5, 5.41) is 14.1. The first kappa shape index (κ1) is 23.9. The molecule has 0 aromatic heterocycles. The van der Waals surface area contributed by atoms with Gasteiger partial charge in [-0.1, -0.05) is 68.3 Å². The summed E-state index contributed by atoms with van der Waals surface area (Å²) in [4.78, 5) is 34.9. The smallest absolute Gasteiger partial charge is 0.407 e. The maximum absolute atomic E-state index is 12.1. The minimum atomic E-state index is -0.902. The molecule has 0 spiro atoms. The Labute approximate surface area is 193 Å². The first-order valence-corrected chi connectivity index (χ1v) is 10.9. The molecule has 0 radical (unpaired) electrons. The van der Waals surface area contributed by atoms with Crippen LogP contribution in [0.3, 0.4) is 0 Å². The van der Waals surface area contributed by atoms with Gasteiger partial charge < -0.3 is 20.5 Å². The van der Waals surface area contributed by atoms with Crippen molar-refractivity contribution >= 4 is 18.0 Å². The number of nitrogens with one attached hydrogen (secondary N) is 2. The van der Waals surface area contributed by atoms with Crippen LogP contribution in [-0.2, 0) is 14.3 Å². The van der Waals surface area contributed by atoms with Gasteiger partial charge in [-0.25, -0.2) is 4.79 Å². The van der Waals surface area contributed by atoms with Crippen LogP contribution in [0.2, 0.25) is 0 Å². The summed E-state index contributed by atoms with van der Waals surface area (Å²) in [5.41, 5.74) is 4.57. The van der Waals surface area contributed by atoms with Crippen LogP contribution >= 0.6 is 0 Å². The van der Waals surface area contributed by atoms with E-state index in [1.54, 1.807) is 0 Å². The summed E-state index contributed by atoms with van der Waals surface area (Å²) >= 11 is 0. The first-order chi connectivity index (χ1) is 15.9. The number of alkyl carbamates (subject to hydrolysis) is 1. The van der Waals surface area contributed by atoms with Crippen molar-refractivity contribution in [2.24, 2.45) is 11.8 Å². The number of carboxylic acid groups (broad SMARTS) is 1. The molecule has 2 amide bonds. The Morgan fingerprint density at radius 2 is 1.61 bits per heavy atom. The second kappa shape index (κ2) is 11.2. The van der Waals surface area contributed by atoms with Gasteiger partial charge in [0.25, 0.3) is 5.91 Å². The van der Waals surface area contributed by atoms with Gasteiger partial charge in [0, 0.05) is 12.5 Å². The van der Waals surface area contributed by atoms with Gasteiger partial charge in [0.15, 0.2) is 0 Å². The molecule has 0 fully saturated rings. The van der Waals surface area contributed by atoms with Crippen LogP contribution in [0.25, 0.3) is 11.1 Å². The Morgan fingerprint density at radius 1 is 1.00 bits per heavy atom. The quantitative estimate of drug-likeness (QED) is 0.537. The Bertz CT molecular complexity index is 1040. The monoisotopic (exact) mass is 448 g/mol. The number of aliphatic carboxylic acids is 1. The highest BCUT2D eigenvalue weighted by molar-refractivity contribution is 5.93. The van der Waals surface area contributed by atoms with E-state index < -0.39 is 18.0 Å². The van der Waals surface area contributed by atoms with E-state index in [-0.39, 0.29) is 43.9 Å². The number of fused-ring (bicyclic) bond motifs is 3. The van der Waals surface area contributed by atoms with Gasteiger partial charge in [-0.3, -0.25) is 9.59 Å². The summed E-state index contributed by atoms with van der Waals surface area (Å²) in [6.07, 6.45) is -0.623. The van der Waals surface area contributed by atoms with Crippen molar-refractivity contribution in [1.29, 1.82) is 0 Å². The van der Waals surface area contributed by atoms with Crippen molar-refractivity contribution in [3.8, 4) is 23.0 Å². The molecule has 172 valence electrons. The molecule has 0 saturated carbocycles. The van der Waals surface area contributed by atoms with Crippen molar-refractivity contribution < 1.29 is 24.2 Å². The van der Waals surface area contributed by atoms with E-state index >= 15 is 0 Å². The lowest BCUT2D eigenvalue weighted by Gasteiger charge is -2.18. The van der Waals surface area contributed by atoms with Gasteiger partial charge in [0.2, 0.25) is 0 Å². The molecule has 2 aromatic rings. The van der Waals surface area contributed by atoms with Gasteiger partial charge in [0.1, 0.15) is 6.61 Å². The fourth-order valence-electron chi connectivity index (χ4n) is 3.93. The molecule has 3 N–H and O–H groups in total. The van der Waals surface area contributed by atoms with Crippen molar-refractivity contribution in [3.05, 3.63) is 59.7 Å². The number of ether oxygens (including phenoxy) is 1. The number of carbonyl (C=O) groups excluding carboxylic acids is 2. The fourth-order valence-corrected chi connectivity index (χ4v) is 3.93. The lowest BCUT2D eigenvalue weighted by Crippen LogP contribution is -2.32. The number of hydrogen-bond acceptors (Lipinski definition) is 4. The van der Waals surface area contributed by atoms with Gasteiger partial charge in [-0.05, 0) is 40.0 Å². The molecule has 2 aromatic carbocycles. The topological polar surface area (TPSA) is 105 Å². The number of hydrogen-bond donors (Lipinski definition) is 3. The standard InChI is InChI=1S/C26H28N2O5/c1-17(2)18(14-25(30)31)15-28-24(29)12-7-13-27-26(32)33-16-23-21-10-5-3-8-19(21)20-9-4-6-11-22(20)23/h3-6,8-11,17-18,23H,13-16H2,1-2H3,(H,27,32)(H,28,29)(H,30,31). The minimum absolute atomic E-state index is 0.0191. The molecule has 1 atom stereocenters. The number of rotatable bonds is 8. The van der Waals surface area contributed by atoms with Crippen molar-refractivity contribution in [2.45, 2.75) is 26.2 Å². The van der Waals surface area contributed by atoms with Gasteiger partial charge in [0.05, 0.1) is 13.0 Å². The first-order valence-electron chi connectivity index (χ1n) is 10.9. The summed E-state index contributed by atoms with van der Waals surface area (Å²) in [6, 6.07) is 16.2. The Kier molecular flexibility index (Phi) is 8.09. The maximum atomic E-state index is 12.1. The number of benzene rings is 2. The highest BCUT2D eigenvalue weighted by Gasteiger charge is 2.28. The molecular weight excluding hydrogens is 420 g/mol. The van der Waals surface area contributed by atoms with Crippen LogP contribution in [0.5, 0.6) is 0 Å². The maximum Gasteiger partial charge on any atom is 0.407 e. The van der Waals surface area contributed by atoms with Gasteiger partial charge >= 0.3 is 12.1 Å². The summed E-state index contributed by atoms with van der Waals surface area (Å²) in [7, 11) is 0. The highest BCUT2D eigenvalue weighted by atomic mass is 16.5. The van der Waals surface area contributed by atoms with Crippen molar-refractivity contribution in [1.82, 2.24) is 10.6 Å². The normalized spacial score (nSPS) is 12.7. The van der Waals surface area contributed by atoms with E-state index in [1.807, 2.05) is 50.2 Å². The summed E-state index contributed by atoms with van der Waals surface area (Å²) < 4.78 is 5.42. The average Bonchev–Trinajstić information content (AvgIpc) is 3.11. The average molecular weight is 449 g/mol. The molecule has 0 bridgehead atoms. The van der Waals surface area contributed by atoms with E-state index in [4.69, 9.17) is 9.84 Å². The molecule has 1 unspecified atom stereocenters. The van der Waals surface area contributed by atoms with E-state index in [1.165, 1.54) is 0 Å².